The van der Waals surface area contributed by atoms with Crippen molar-refractivity contribution in [3.63, 3.8) is 0 Å². The van der Waals surface area contributed by atoms with Gasteiger partial charge in [-0.1, -0.05) is 0 Å². The van der Waals surface area contributed by atoms with Crippen LogP contribution >= 0.6 is 0 Å². The summed E-state index contributed by atoms with van der Waals surface area (Å²) in [6.45, 7) is 2.73. The second kappa shape index (κ2) is 11.8. The fourth-order valence-corrected chi connectivity index (χ4v) is 2.13. The molecule has 1 rings (SSSR count). The van der Waals surface area contributed by atoms with Crippen LogP contribution in [0.25, 0.3) is 0 Å². The number of pyridine rings is 1. The third kappa shape index (κ3) is 9.55. The summed E-state index contributed by atoms with van der Waals surface area (Å²) in [6.07, 6.45) is 3.90. The molecule has 1 heterocycles. The monoisotopic (exact) mass is 367 g/mol. The lowest BCUT2D eigenvalue weighted by atomic mass is 10.2. The molecule has 0 radical (unpaired) electrons. The fraction of sp³-hybridized carbons (Fsp3) is 0.529. The molecular formula is C17H25FN4O4. The first-order valence-corrected chi connectivity index (χ1v) is 8.54. The van der Waals surface area contributed by atoms with E-state index in [0.29, 0.717) is 25.1 Å². The molecule has 144 valence electrons. The van der Waals surface area contributed by atoms with Crippen LogP contribution < -0.4 is 16.0 Å². The topological polar surface area (TPSA) is 120 Å². The smallest absolute Gasteiger partial charge is 0.314 e. The molecule has 8 nitrogen and oxygen atoms in total. The normalized spacial score (nSPS) is 11.5. The number of rotatable bonds is 11. The third-order valence-corrected chi connectivity index (χ3v) is 3.58. The molecule has 0 spiro atoms. The summed E-state index contributed by atoms with van der Waals surface area (Å²) in [5.41, 5.74) is 0.307. The van der Waals surface area contributed by atoms with E-state index >= 15 is 0 Å². The van der Waals surface area contributed by atoms with Crippen LogP contribution in [0.2, 0.25) is 0 Å². The Labute approximate surface area is 151 Å². The van der Waals surface area contributed by atoms with Gasteiger partial charge in [0.1, 0.15) is 0 Å². The minimum Gasteiger partial charge on any atom is -0.481 e. The van der Waals surface area contributed by atoms with Gasteiger partial charge < -0.3 is 21.1 Å². The van der Waals surface area contributed by atoms with Crippen LogP contribution in [0.1, 0.15) is 49.4 Å². The lowest BCUT2D eigenvalue weighted by molar-refractivity contribution is -0.137. The molecule has 0 saturated heterocycles. The molecule has 0 aromatic carbocycles. The highest BCUT2D eigenvalue weighted by atomic mass is 18.2. The molecule has 26 heavy (non-hydrogen) atoms. The van der Waals surface area contributed by atoms with Gasteiger partial charge in [0.15, 0.2) is 0 Å². The van der Waals surface area contributed by atoms with Crippen molar-refractivity contribution in [2.75, 3.05) is 13.1 Å². The van der Waals surface area contributed by atoms with Gasteiger partial charge in [0, 0.05) is 31.7 Å². The molecule has 4 N–H and O–H groups in total. The van der Waals surface area contributed by atoms with Crippen LogP contribution in [-0.4, -0.2) is 47.1 Å². The van der Waals surface area contributed by atoms with Gasteiger partial charge in [0.2, 0.25) is 5.95 Å². The quantitative estimate of drug-likeness (QED) is 0.350. The van der Waals surface area contributed by atoms with Gasteiger partial charge >= 0.3 is 12.0 Å². The van der Waals surface area contributed by atoms with E-state index in [4.69, 9.17) is 5.11 Å². The molecule has 9 heteroatoms. The molecular weight excluding hydrogens is 342 g/mol. The Morgan fingerprint density at radius 1 is 1.15 bits per heavy atom. The molecule has 1 atom stereocenters. The second-order valence-corrected chi connectivity index (χ2v) is 5.92. The SMILES string of the molecule is CC(CCC(=O)O)NC(=O)NCCCCCNC(=O)c1ccc([18F])nc1. The maximum absolute atomic E-state index is 12.7. The number of nitrogens with zero attached hydrogens (tertiary/aromatic N) is 1. The highest BCUT2D eigenvalue weighted by molar-refractivity contribution is 5.93. The lowest BCUT2D eigenvalue weighted by Crippen LogP contribution is -2.41. The minimum atomic E-state index is -0.887. The number of hydrogen-bond donors (Lipinski definition) is 4. The summed E-state index contributed by atoms with van der Waals surface area (Å²) >= 11 is 0. The van der Waals surface area contributed by atoms with Crippen LogP contribution in [0.15, 0.2) is 18.3 Å². The van der Waals surface area contributed by atoms with E-state index in [0.717, 1.165) is 25.3 Å². The number of carbonyl (C=O) groups is 3. The first-order valence-electron chi connectivity index (χ1n) is 8.54. The number of carboxylic acids is 1. The molecule has 0 aliphatic carbocycles. The lowest BCUT2D eigenvalue weighted by Gasteiger charge is -2.13. The maximum atomic E-state index is 12.7. The number of unbranched alkanes of at least 4 members (excludes halogenated alkanes) is 2. The Morgan fingerprint density at radius 3 is 2.46 bits per heavy atom. The van der Waals surface area contributed by atoms with Crippen molar-refractivity contribution in [3.05, 3.63) is 29.8 Å². The van der Waals surface area contributed by atoms with E-state index in [1.54, 1.807) is 6.92 Å². The minimum absolute atomic E-state index is 0.0150. The summed E-state index contributed by atoms with van der Waals surface area (Å²) in [5.74, 6) is -1.82. The molecule has 3 amide bonds. The van der Waals surface area contributed by atoms with Crippen molar-refractivity contribution in [2.45, 2.75) is 45.1 Å². The summed E-state index contributed by atoms with van der Waals surface area (Å²) in [5, 5.41) is 16.7. The van der Waals surface area contributed by atoms with Gasteiger partial charge in [-0.25, -0.2) is 9.78 Å². The standard InChI is InChI=1S/C17H25FN4O4/c1-12(5-8-15(23)24)22-17(26)20-10-4-2-3-9-19-16(25)13-6-7-14(18)21-11-13/h6-7,11-12H,2-5,8-10H2,1H3,(H,19,25)(H,23,24)(H2,20,22,26)/i18-1. The van der Waals surface area contributed by atoms with Crippen molar-refractivity contribution < 1.29 is 23.9 Å². The van der Waals surface area contributed by atoms with Crippen molar-refractivity contribution >= 4 is 17.9 Å². The first kappa shape index (κ1) is 21.3. The zero-order chi connectivity index (χ0) is 19.4. The van der Waals surface area contributed by atoms with Gasteiger partial charge in [-0.05, 0) is 44.7 Å². The number of hydrogen-bond acceptors (Lipinski definition) is 4. The number of urea groups is 1. The maximum Gasteiger partial charge on any atom is 0.314 e. The van der Waals surface area contributed by atoms with Crippen LogP contribution in [0.5, 0.6) is 0 Å². The predicted molar refractivity (Wildman–Crippen MR) is 93.2 cm³/mol. The van der Waals surface area contributed by atoms with E-state index in [-0.39, 0.29) is 24.4 Å². The van der Waals surface area contributed by atoms with E-state index in [1.807, 2.05) is 0 Å². The zero-order valence-electron chi connectivity index (χ0n) is 14.8. The molecule has 0 fully saturated rings. The highest BCUT2D eigenvalue weighted by Crippen LogP contribution is 2.00. The Balaban J connectivity index is 2.03. The van der Waals surface area contributed by atoms with Crippen LogP contribution in [0.4, 0.5) is 9.18 Å². The van der Waals surface area contributed by atoms with Gasteiger partial charge in [0.25, 0.3) is 5.91 Å². The highest BCUT2D eigenvalue weighted by Gasteiger charge is 2.08. The van der Waals surface area contributed by atoms with Crippen LogP contribution in [-0.2, 0) is 4.79 Å². The number of aromatic nitrogens is 1. The zero-order valence-corrected chi connectivity index (χ0v) is 14.8. The number of nitrogens with one attached hydrogen (secondary N) is 3. The van der Waals surface area contributed by atoms with E-state index in [9.17, 15) is 18.8 Å². The largest absolute Gasteiger partial charge is 0.481 e. The average molecular weight is 367 g/mol. The van der Waals surface area contributed by atoms with Crippen molar-refractivity contribution in [3.8, 4) is 0 Å². The summed E-state index contributed by atoms with van der Waals surface area (Å²) < 4.78 is 12.7. The Morgan fingerprint density at radius 2 is 1.85 bits per heavy atom. The summed E-state index contributed by atoms with van der Waals surface area (Å²) in [4.78, 5) is 37.2. The predicted octanol–water partition coefficient (Wildman–Crippen LogP) is 1.67. The van der Waals surface area contributed by atoms with Crippen LogP contribution in [0, 0.1) is 5.95 Å². The summed E-state index contributed by atoms with van der Waals surface area (Å²) in [7, 11) is 0. The molecule has 0 aliphatic rings. The number of amides is 3. The molecule has 1 unspecified atom stereocenters. The number of carboxylic acid groups (broad SMARTS) is 1. The fourth-order valence-electron chi connectivity index (χ4n) is 2.13. The van der Waals surface area contributed by atoms with Gasteiger partial charge in [0.05, 0.1) is 5.56 Å². The van der Waals surface area contributed by atoms with Crippen molar-refractivity contribution in [2.24, 2.45) is 0 Å². The Hall–Kier alpha value is -2.71. The second-order valence-electron chi connectivity index (χ2n) is 5.92. The van der Waals surface area contributed by atoms with E-state index < -0.39 is 11.9 Å². The van der Waals surface area contributed by atoms with Gasteiger partial charge in [-0.2, -0.15) is 4.39 Å². The first-order chi connectivity index (χ1) is 12.4. The summed E-state index contributed by atoms with van der Waals surface area (Å²) in [6, 6.07) is 1.98. The average Bonchev–Trinajstić information content (AvgIpc) is 2.59. The molecule has 0 bridgehead atoms. The van der Waals surface area contributed by atoms with Crippen LogP contribution in [0.3, 0.4) is 0 Å². The van der Waals surface area contributed by atoms with Gasteiger partial charge in [-0.3, -0.25) is 9.59 Å². The number of aliphatic carboxylic acids is 1. The molecule has 0 aliphatic heterocycles. The van der Waals surface area contributed by atoms with Crippen molar-refractivity contribution in [1.82, 2.24) is 20.9 Å². The van der Waals surface area contributed by atoms with E-state index in [1.165, 1.54) is 12.3 Å². The molecule has 0 saturated carbocycles. The Bertz CT molecular complexity index is 595. The number of carbonyl (C=O) groups excluding carboxylic acids is 2. The van der Waals surface area contributed by atoms with Gasteiger partial charge in [-0.15, -0.1) is 0 Å². The number of halogens is 1. The molecule has 1 aromatic rings. The van der Waals surface area contributed by atoms with E-state index in [2.05, 4.69) is 20.9 Å². The third-order valence-electron chi connectivity index (χ3n) is 3.58. The Kier molecular flexibility index (Phi) is 9.66. The van der Waals surface area contributed by atoms with Crippen molar-refractivity contribution in [1.29, 1.82) is 0 Å². The molecule has 1 aromatic heterocycles.